The van der Waals surface area contributed by atoms with Crippen molar-refractivity contribution in [3.63, 3.8) is 0 Å². The zero-order valence-corrected chi connectivity index (χ0v) is 20.2. The van der Waals surface area contributed by atoms with Crippen LogP contribution < -0.4 is 5.32 Å². The summed E-state index contributed by atoms with van der Waals surface area (Å²) in [5, 5.41) is 11.9. The number of hydrogen-bond donors (Lipinski definition) is 3. The molecule has 9 heteroatoms. The molecule has 0 aliphatic carbocycles. The molecule has 0 unspecified atom stereocenters. The van der Waals surface area contributed by atoms with Crippen molar-refractivity contribution < 1.29 is 4.42 Å². The van der Waals surface area contributed by atoms with Crippen LogP contribution in [0.5, 0.6) is 0 Å². The summed E-state index contributed by atoms with van der Waals surface area (Å²) in [6.45, 7) is 1.51. The van der Waals surface area contributed by atoms with Gasteiger partial charge in [-0.05, 0) is 29.3 Å². The number of aromatic nitrogens is 7. The highest BCUT2D eigenvalue weighted by Crippen LogP contribution is 2.32. The zero-order chi connectivity index (χ0) is 25.3. The Hall–Kier alpha value is -5.15. The first kappa shape index (κ1) is 22.1. The summed E-state index contributed by atoms with van der Waals surface area (Å²) in [5.41, 5.74) is 9.10. The maximum atomic E-state index is 5.26. The highest BCUT2D eigenvalue weighted by Gasteiger charge is 2.17. The van der Waals surface area contributed by atoms with Crippen molar-refractivity contribution >= 4 is 22.1 Å². The molecule has 184 valence electrons. The number of H-pyrrole nitrogens is 2. The lowest BCUT2D eigenvalue weighted by Crippen LogP contribution is -2.12. The van der Waals surface area contributed by atoms with Crippen LogP contribution in [0.15, 0.2) is 96.5 Å². The molecule has 9 nitrogen and oxygen atoms in total. The monoisotopic (exact) mass is 498 g/mol. The largest absolute Gasteiger partial charge is 0.472 e. The minimum atomic E-state index is 0.639. The zero-order valence-electron chi connectivity index (χ0n) is 20.2. The number of aromatic amines is 2. The average Bonchev–Trinajstić information content (AvgIpc) is 3.73. The van der Waals surface area contributed by atoms with Gasteiger partial charge in [-0.2, -0.15) is 5.10 Å². The number of furan rings is 1. The van der Waals surface area contributed by atoms with Crippen molar-refractivity contribution in [1.29, 1.82) is 0 Å². The molecule has 1 aromatic carbocycles. The molecule has 0 bridgehead atoms. The molecule has 6 heterocycles. The SMILES string of the molecule is c1ccc(CNCc2cncc(-c3cnc4[nH]nc(-c5nc6c(-c7ccoc7)cncc6[nH]5)c4c3)c2)cc1. The van der Waals surface area contributed by atoms with Gasteiger partial charge in [0.25, 0.3) is 0 Å². The third-order valence-corrected chi connectivity index (χ3v) is 6.50. The second kappa shape index (κ2) is 9.38. The van der Waals surface area contributed by atoms with Crippen LogP contribution in [0.4, 0.5) is 0 Å². The fraction of sp³-hybridized carbons (Fsp3) is 0.0690. The van der Waals surface area contributed by atoms with E-state index in [1.54, 1.807) is 24.9 Å². The molecule has 0 atom stereocenters. The van der Waals surface area contributed by atoms with Gasteiger partial charge in [-0.3, -0.25) is 15.1 Å². The van der Waals surface area contributed by atoms with Gasteiger partial charge in [0, 0.05) is 60.1 Å². The highest BCUT2D eigenvalue weighted by atomic mass is 16.3. The van der Waals surface area contributed by atoms with E-state index in [1.165, 1.54) is 5.56 Å². The Morgan fingerprint density at radius 2 is 1.68 bits per heavy atom. The van der Waals surface area contributed by atoms with Crippen molar-refractivity contribution in [3.8, 4) is 33.8 Å². The van der Waals surface area contributed by atoms with E-state index in [1.807, 2.05) is 42.9 Å². The molecule has 0 amide bonds. The number of nitrogens with zero attached hydrogens (tertiary/aromatic N) is 5. The maximum absolute atomic E-state index is 5.26. The third-order valence-electron chi connectivity index (χ3n) is 6.50. The molecule has 0 spiro atoms. The van der Waals surface area contributed by atoms with E-state index in [0.29, 0.717) is 23.7 Å². The van der Waals surface area contributed by atoms with E-state index in [9.17, 15) is 0 Å². The van der Waals surface area contributed by atoms with Gasteiger partial charge in [0.05, 0.1) is 29.6 Å². The van der Waals surface area contributed by atoms with Crippen LogP contribution in [0.1, 0.15) is 11.1 Å². The quantitative estimate of drug-likeness (QED) is 0.265. The van der Waals surface area contributed by atoms with Crippen LogP contribution in [0.25, 0.3) is 55.8 Å². The number of imidazole rings is 1. The number of pyridine rings is 3. The Kier molecular flexibility index (Phi) is 5.45. The fourth-order valence-electron chi connectivity index (χ4n) is 4.61. The van der Waals surface area contributed by atoms with Crippen LogP contribution in [0.2, 0.25) is 0 Å². The van der Waals surface area contributed by atoms with Crippen LogP contribution in [-0.4, -0.2) is 35.1 Å². The van der Waals surface area contributed by atoms with Gasteiger partial charge >= 0.3 is 0 Å². The predicted octanol–water partition coefficient (Wildman–Crippen LogP) is 5.51. The molecule has 38 heavy (non-hydrogen) atoms. The molecule has 3 N–H and O–H groups in total. The Morgan fingerprint density at radius 1 is 0.816 bits per heavy atom. The Morgan fingerprint density at radius 3 is 2.58 bits per heavy atom. The normalized spacial score (nSPS) is 11.5. The summed E-state index contributed by atoms with van der Waals surface area (Å²) in [7, 11) is 0. The molecular formula is C29H22N8O. The Balaban J connectivity index is 1.20. The minimum Gasteiger partial charge on any atom is -0.472 e. The molecule has 0 aliphatic rings. The molecule has 0 radical (unpaired) electrons. The van der Waals surface area contributed by atoms with E-state index in [0.717, 1.165) is 50.8 Å². The van der Waals surface area contributed by atoms with Crippen molar-refractivity contribution in [2.24, 2.45) is 0 Å². The molecular weight excluding hydrogens is 476 g/mol. The van der Waals surface area contributed by atoms with Gasteiger partial charge < -0.3 is 14.7 Å². The molecule has 0 saturated carbocycles. The number of benzene rings is 1. The lowest BCUT2D eigenvalue weighted by Gasteiger charge is -2.07. The smallest absolute Gasteiger partial charge is 0.159 e. The second-order valence-corrected chi connectivity index (χ2v) is 9.04. The van der Waals surface area contributed by atoms with Gasteiger partial charge in [0.1, 0.15) is 11.2 Å². The predicted molar refractivity (Wildman–Crippen MR) is 145 cm³/mol. The van der Waals surface area contributed by atoms with Crippen LogP contribution in [-0.2, 0) is 13.1 Å². The summed E-state index contributed by atoms with van der Waals surface area (Å²) in [4.78, 5) is 21.7. The fourth-order valence-corrected chi connectivity index (χ4v) is 4.61. The molecule has 0 aliphatic heterocycles. The van der Waals surface area contributed by atoms with E-state index in [-0.39, 0.29) is 0 Å². The van der Waals surface area contributed by atoms with Gasteiger partial charge in [-0.1, -0.05) is 30.3 Å². The van der Waals surface area contributed by atoms with Gasteiger partial charge in [-0.15, -0.1) is 0 Å². The summed E-state index contributed by atoms with van der Waals surface area (Å²) in [6.07, 6.45) is 12.4. The first-order chi connectivity index (χ1) is 18.8. The first-order valence-corrected chi connectivity index (χ1v) is 12.2. The Bertz CT molecular complexity index is 1850. The number of fused-ring (bicyclic) bond motifs is 2. The lowest BCUT2D eigenvalue weighted by molar-refractivity contribution is 0.568. The molecule has 6 aromatic heterocycles. The average molecular weight is 499 g/mol. The van der Waals surface area contributed by atoms with Crippen LogP contribution in [0, 0.1) is 0 Å². The van der Waals surface area contributed by atoms with Crippen molar-refractivity contribution in [2.75, 3.05) is 0 Å². The topological polar surface area (TPSA) is 121 Å². The van der Waals surface area contributed by atoms with E-state index in [4.69, 9.17) is 9.40 Å². The van der Waals surface area contributed by atoms with Crippen LogP contribution in [0.3, 0.4) is 0 Å². The number of rotatable bonds is 7. The summed E-state index contributed by atoms with van der Waals surface area (Å²) in [5.74, 6) is 0.639. The van der Waals surface area contributed by atoms with Crippen molar-refractivity contribution in [2.45, 2.75) is 13.1 Å². The standard InChI is InChI=1S/C29H22N8O/c1-2-4-18(5-3-1)10-30-11-19-8-21(13-31-12-19)22-9-23-27(36-37-28(23)33-14-22)29-34-25-16-32-15-24(26(25)35-29)20-6-7-38-17-20/h1-9,12-17,30H,10-11H2,(H,34,35)(H,33,36,37). The highest BCUT2D eigenvalue weighted by molar-refractivity contribution is 5.96. The van der Waals surface area contributed by atoms with Crippen molar-refractivity contribution in [1.82, 2.24) is 40.4 Å². The van der Waals surface area contributed by atoms with E-state index in [2.05, 4.69) is 59.7 Å². The number of hydrogen-bond acceptors (Lipinski definition) is 7. The molecule has 7 rings (SSSR count). The maximum Gasteiger partial charge on any atom is 0.159 e. The van der Waals surface area contributed by atoms with E-state index >= 15 is 0 Å². The molecule has 0 fully saturated rings. The number of nitrogens with one attached hydrogen (secondary N) is 3. The van der Waals surface area contributed by atoms with E-state index < -0.39 is 0 Å². The molecule has 0 saturated heterocycles. The third kappa shape index (κ3) is 4.10. The van der Waals surface area contributed by atoms with Gasteiger partial charge in [-0.25, -0.2) is 9.97 Å². The minimum absolute atomic E-state index is 0.639. The lowest BCUT2D eigenvalue weighted by atomic mass is 10.1. The van der Waals surface area contributed by atoms with Crippen LogP contribution >= 0.6 is 0 Å². The van der Waals surface area contributed by atoms with Gasteiger partial charge in [0.15, 0.2) is 11.5 Å². The molecule has 7 aromatic rings. The van der Waals surface area contributed by atoms with Crippen molar-refractivity contribution in [3.05, 3.63) is 103 Å². The second-order valence-electron chi connectivity index (χ2n) is 9.04. The first-order valence-electron chi connectivity index (χ1n) is 12.2. The van der Waals surface area contributed by atoms with Gasteiger partial charge in [0.2, 0.25) is 0 Å². The Labute approximate surface area is 217 Å². The summed E-state index contributed by atoms with van der Waals surface area (Å²) >= 11 is 0. The summed E-state index contributed by atoms with van der Waals surface area (Å²) < 4.78 is 5.26. The summed E-state index contributed by atoms with van der Waals surface area (Å²) in [6, 6.07) is 16.4.